The minimum absolute atomic E-state index is 0.316. The average Bonchev–Trinajstić information content (AvgIpc) is 2.31. The van der Waals surface area contributed by atoms with Crippen LogP contribution >= 0.6 is 0 Å². The Hall–Kier alpha value is -1.40. The number of rotatable bonds is 5. The number of hydrogen-bond donors (Lipinski definition) is 0. The SMILES string of the molecule is CCN(Cc1cc(F)cc(C#N)c1)CC1CCC1. The summed E-state index contributed by atoms with van der Waals surface area (Å²) < 4.78 is 13.3. The summed E-state index contributed by atoms with van der Waals surface area (Å²) in [5, 5.41) is 8.84. The van der Waals surface area contributed by atoms with E-state index in [0.717, 1.165) is 31.1 Å². The van der Waals surface area contributed by atoms with Crippen molar-refractivity contribution in [2.24, 2.45) is 5.92 Å². The summed E-state index contributed by atoms with van der Waals surface area (Å²) in [6, 6.07) is 6.60. The van der Waals surface area contributed by atoms with Crippen molar-refractivity contribution in [3.63, 3.8) is 0 Å². The van der Waals surface area contributed by atoms with Crippen LogP contribution in [0, 0.1) is 23.1 Å². The van der Waals surface area contributed by atoms with Crippen LogP contribution in [0.4, 0.5) is 4.39 Å². The Labute approximate surface area is 108 Å². The molecule has 3 heteroatoms. The summed E-state index contributed by atoms with van der Waals surface area (Å²) in [6.45, 7) is 4.92. The van der Waals surface area contributed by atoms with Gasteiger partial charge < -0.3 is 0 Å². The molecule has 0 saturated heterocycles. The van der Waals surface area contributed by atoms with Gasteiger partial charge in [-0.3, -0.25) is 4.90 Å². The quantitative estimate of drug-likeness (QED) is 0.797. The normalized spacial score (nSPS) is 15.4. The largest absolute Gasteiger partial charge is 0.299 e. The highest BCUT2D eigenvalue weighted by molar-refractivity contribution is 5.33. The number of nitrogens with zero attached hydrogens (tertiary/aromatic N) is 2. The van der Waals surface area contributed by atoms with Crippen LogP contribution in [0.15, 0.2) is 18.2 Å². The Morgan fingerprint density at radius 1 is 1.39 bits per heavy atom. The lowest BCUT2D eigenvalue weighted by Gasteiger charge is -2.31. The van der Waals surface area contributed by atoms with Crippen molar-refractivity contribution >= 4 is 0 Å². The van der Waals surface area contributed by atoms with E-state index in [1.54, 1.807) is 6.07 Å². The van der Waals surface area contributed by atoms with Crippen molar-refractivity contribution < 1.29 is 4.39 Å². The average molecular weight is 246 g/mol. The minimum atomic E-state index is -0.316. The molecule has 0 aliphatic heterocycles. The Morgan fingerprint density at radius 3 is 2.72 bits per heavy atom. The molecule has 1 saturated carbocycles. The van der Waals surface area contributed by atoms with Crippen LogP contribution in [0.5, 0.6) is 0 Å². The van der Waals surface area contributed by atoms with E-state index >= 15 is 0 Å². The molecule has 0 aromatic heterocycles. The Morgan fingerprint density at radius 2 is 2.17 bits per heavy atom. The van der Waals surface area contributed by atoms with E-state index in [0.29, 0.717) is 5.56 Å². The smallest absolute Gasteiger partial charge is 0.124 e. The zero-order chi connectivity index (χ0) is 13.0. The Bertz CT molecular complexity index is 446. The molecule has 18 heavy (non-hydrogen) atoms. The van der Waals surface area contributed by atoms with E-state index in [4.69, 9.17) is 5.26 Å². The molecule has 0 heterocycles. The first-order valence-corrected chi connectivity index (χ1v) is 6.63. The van der Waals surface area contributed by atoms with Gasteiger partial charge in [-0.05, 0) is 49.1 Å². The van der Waals surface area contributed by atoms with Gasteiger partial charge in [-0.1, -0.05) is 13.3 Å². The molecular formula is C15H19FN2. The second kappa shape index (κ2) is 5.97. The summed E-state index contributed by atoms with van der Waals surface area (Å²) in [7, 11) is 0. The van der Waals surface area contributed by atoms with Crippen LogP contribution in [-0.4, -0.2) is 18.0 Å². The topological polar surface area (TPSA) is 27.0 Å². The van der Waals surface area contributed by atoms with Crippen LogP contribution in [0.25, 0.3) is 0 Å². The third kappa shape index (κ3) is 3.30. The molecule has 0 amide bonds. The molecule has 1 aromatic rings. The maximum atomic E-state index is 13.3. The maximum Gasteiger partial charge on any atom is 0.124 e. The van der Waals surface area contributed by atoms with Gasteiger partial charge in [0.05, 0.1) is 11.6 Å². The fourth-order valence-electron chi connectivity index (χ4n) is 2.41. The van der Waals surface area contributed by atoms with Crippen molar-refractivity contribution in [1.29, 1.82) is 5.26 Å². The van der Waals surface area contributed by atoms with Crippen LogP contribution < -0.4 is 0 Å². The molecule has 1 fully saturated rings. The predicted octanol–water partition coefficient (Wildman–Crippen LogP) is 3.32. The lowest BCUT2D eigenvalue weighted by molar-refractivity contribution is 0.178. The summed E-state index contributed by atoms with van der Waals surface area (Å²) in [6.07, 6.45) is 3.99. The van der Waals surface area contributed by atoms with Gasteiger partial charge in [-0.15, -0.1) is 0 Å². The van der Waals surface area contributed by atoms with Gasteiger partial charge in [0.2, 0.25) is 0 Å². The minimum Gasteiger partial charge on any atom is -0.299 e. The fourth-order valence-corrected chi connectivity index (χ4v) is 2.41. The van der Waals surface area contributed by atoms with Gasteiger partial charge in [0.25, 0.3) is 0 Å². The number of halogens is 1. The number of hydrogen-bond acceptors (Lipinski definition) is 2. The van der Waals surface area contributed by atoms with Gasteiger partial charge >= 0.3 is 0 Å². The van der Waals surface area contributed by atoms with Gasteiger partial charge in [0.1, 0.15) is 5.82 Å². The summed E-state index contributed by atoms with van der Waals surface area (Å²) in [4.78, 5) is 2.33. The van der Waals surface area contributed by atoms with E-state index in [1.807, 2.05) is 6.07 Å². The van der Waals surface area contributed by atoms with Gasteiger partial charge in [0.15, 0.2) is 0 Å². The van der Waals surface area contributed by atoms with Gasteiger partial charge in [-0.2, -0.15) is 5.26 Å². The molecule has 1 aliphatic rings. The molecule has 0 spiro atoms. The van der Waals surface area contributed by atoms with Gasteiger partial charge in [-0.25, -0.2) is 4.39 Å². The number of nitriles is 1. The fraction of sp³-hybridized carbons (Fsp3) is 0.533. The Kier molecular flexibility index (Phi) is 4.33. The van der Waals surface area contributed by atoms with Crippen LogP contribution in [0.3, 0.4) is 0 Å². The van der Waals surface area contributed by atoms with E-state index in [-0.39, 0.29) is 5.82 Å². The zero-order valence-electron chi connectivity index (χ0n) is 10.8. The molecule has 0 bridgehead atoms. The predicted molar refractivity (Wildman–Crippen MR) is 69.4 cm³/mol. The molecule has 0 atom stereocenters. The molecule has 0 radical (unpaired) electrons. The summed E-state index contributed by atoms with van der Waals surface area (Å²) >= 11 is 0. The molecule has 0 unspecified atom stereocenters. The molecule has 1 aliphatic carbocycles. The van der Waals surface area contributed by atoms with Crippen molar-refractivity contribution in [3.8, 4) is 6.07 Å². The maximum absolute atomic E-state index is 13.3. The highest BCUT2D eigenvalue weighted by atomic mass is 19.1. The van der Waals surface area contributed by atoms with Crippen LogP contribution in [0.2, 0.25) is 0 Å². The van der Waals surface area contributed by atoms with Gasteiger partial charge in [0, 0.05) is 13.1 Å². The second-order valence-corrected chi connectivity index (χ2v) is 5.08. The monoisotopic (exact) mass is 246 g/mol. The highest BCUT2D eigenvalue weighted by Gasteiger charge is 2.20. The summed E-state index contributed by atoms with van der Waals surface area (Å²) in [5.74, 6) is 0.498. The molecule has 1 aromatic carbocycles. The third-order valence-electron chi connectivity index (χ3n) is 3.68. The van der Waals surface area contributed by atoms with E-state index in [1.165, 1.54) is 31.4 Å². The van der Waals surface area contributed by atoms with Crippen molar-refractivity contribution in [2.45, 2.75) is 32.7 Å². The first-order chi connectivity index (χ1) is 8.71. The molecule has 96 valence electrons. The van der Waals surface area contributed by atoms with E-state index < -0.39 is 0 Å². The number of benzene rings is 1. The van der Waals surface area contributed by atoms with Crippen molar-refractivity contribution in [2.75, 3.05) is 13.1 Å². The molecule has 0 N–H and O–H groups in total. The molecule has 2 nitrogen and oxygen atoms in total. The summed E-state index contributed by atoms with van der Waals surface area (Å²) in [5.41, 5.74) is 1.30. The van der Waals surface area contributed by atoms with E-state index in [9.17, 15) is 4.39 Å². The molecule has 2 rings (SSSR count). The second-order valence-electron chi connectivity index (χ2n) is 5.08. The standard InChI is InChI=1S/C15H19FN2/c1-2-18(10-12-4-3-5-12)11-14-6-13(9-17)7-15(16)8-14/h6-8,12H,2-5,10-11H2,1H3. The van der Waals surface area contributed by atoms with Crippen molar-refractivity contribution in [1.82, 2.24) is 4.90 Å². The zero-order valence-corrected chi connectivity index (χ0v) is 10.8. The van der Waals surface area contributed by atoms with Crippen molar-refractivity contribution in [3.05, 3.63) is 35.1 Å². The van der Waals surface area contributed by atoms with Crippen LogP contribution in [-0.2, 0) is 6.54 Å². The molecular weight excluding hydrogens is 227 g/mol. The third-order valence-corrected chi connectivity index (χ3v) is 3.68. The first kappa shape index (κ1) is 13.0. The first-order valence-electron chi connectivity index (χ1n) is 6.63. The lowest BCUT2D eigenvalue weighted by Crippen LogP contribution is -2.32. The highest BCUT2D eigenvalue weighted by Crippen LogP contribution is 2.27. The Balaban J connectivity index is 2.01. The van der Waals surface area contributed by atoms with Crippen LogP contribution in [0.1, 0.15) is 37.3 Å². The lowest BCUT2D eigenvalue weighted by atomic mass is 9.85. The van der Waals surface area contributed by atoms with E-state index in [2.05, 4.69) is 11.8 Å².